The fourth-order valence-corrected chi connectivity index (χ4v) is 3.46. The molecule has 2 N–H and O–H groups in total. The minimum absolute atomic E-state index is 0.179. The molecule has 2 aromatic carbocycles. The van der Waals surface area contributed by atoms with Gasteiger partial charge >= 0.3 is 6.03 Å². The topological polar surface area (TPSA) is 70.7 Å². The highest BCUT2D eigenvalue weighted by Gasteiger charge is 2.28. The van der Waals surface area contributed by atoms with Gasteiger partial charge in [0.25, 0.3) is 0 Å². The van der Waals surface area contributed by atoms with Crippen molar-refractivity contribution in [3.05, 3.63) is 53.1 Å². The maximum Gasteiger partial charge on any atom is 0.321 e. The van der Waals surface area contributed by atoms with E-state index in [1.54, 1.807) is 23.1 Å². The van der Waals surface area contributed by atoms with Crippen LogP contribution in [0.1, 0.15) is 24.8 Å². The normalized spacial score (nSPS) is 16.1. The first-order valence-corrected chi connectivity index (χ1v) is 9.11. The minimum Gasteiger partial charge on any atom is -0.495 e. The van der Waals surface area contributed by atoms with Crippen molar-refractivity contribution in [3.8, 4) is 5.75 Å². The molecule has 1 heterocycles. The van der Waals surface area contributed by atoms with Gasteiger partial charge in [0, 0.05) is 36.6 Å². The molecule has 27 heavy (non-hydrogen) atoms. The van der Waals surface area contributed by atoms with E-state index < -0.39 is 0 Å². The highest BCUT2D eigenvalue weighted by molar-refractivity contribution is 6.30. The first-order chi connectivity index (χ1) is 13.0. The monoisotopic (exact) mass is 387 g/mol. The number of hydrogen-bond donors (Lipinski definition) is 2. The number of carbonyl (C=O) groups is 2. The number of rotatable bonds is 4. The summed E-state index contributed by atoms with van der Waals surface area (Å²) in [6.07, 6.45) is 0.886. The number of nitrogens with zero attached hydrogens (tertiary/aromatic N) is 1. The molecule has 3 amide bonds. The molecule has 6 nitrogen and oxygen atoms in total. The van der Waals surface area contributed by atoms with Gasteiger partial charge in [-0.15, -0.1) is 0 Å². The third kappa shape index (κ3) is 4.71. The van der Waals surface area contributed by atoms with Crippen LogP contribution in [-0.2, 0) is 4.79 Å². The SMILES string of the molecule is COc1ccc(NC(C)=O)cc1NC(=O)N1CCC(c2cccc(Cl)c2)C1. The van der Waals surface area contributed by atoms with Crippen molar-refractivity contribution in [2.75, 3.05) is 30.8 Å². The first-order valence-electron chi connectivity index (χ1n) is 8.73. The maximum absolute atomic E-state index is 12.7. The van der Waals surface area contributed by atoms with Crippen LogP contribution in [0.25, 0.3) is 0 Å². The van der Waals surface area contributed by atoms with Gasteiger partial charge in [-0.3, -0.25) is 4.79 Å². The third-order valence-corrected chi connectivity index (χ3v) is 4.79. The van der Waals surface area contributed by atoms with E-state index in [-0.39, 0.29) is 17.9 Å². The average molecular weight is 388 g/mol. The molecule has 1 saturated heterocycles. The van der Waals surface area contributed by atoms with Gasteiger partial charge in [-0.1, -0.05) is 23.7 Å². The second kappa shape index (κ2) is 8.31. The molecular weight excluding hydrogens is 366 g/mol. The lowest BCUT2D eigenvalue weighted by molar-refractivity contribution is -0.114. The molecule has 0 spiro atoms. The van der Waals surface area contributed by atoms with E-state index in [0.717, 1.165) is 12.0 Å². The zero-order valence-electron chi connectivity index (χ0n) is 15.3. The van der Waals surface area contributed by atoms with E-state index in [1.807, 2.05) is 24.3 Å². The van der Waals surface area contributed by atoms with Crippen molar-refractivity contribution in [1.29, 1.82) is 0 Å². The van der Waals surface area contributed by atoms with Gasteiger partial charge < -0.3 is 20.3 Å². The van der Waals surface area contributed by atoms with Crippen molar-refractivity contribution < 1.29 is 14.3 Å². The summed E-state index contributed by atoms with van der Waals surface area (Å²) in [5.41, 5.74) is 2.25. The smallest absolute Gasteiger partial charge is 0.321 e. The Bertz CT molecular complexity index is 856. The molecule has 1 fully saturated rings. The fraction of sp³-hybridized carbons (Fsp3) is 0.300. The van der Waals surface area contributed by atoms with Crippen molar-refractivity contribution in [1.82, 2.24) is 4.90 Å². The summed E-state index contributed by atoms with van der Waals surface area (Å²) >= 11 is 6.08. The number of nitrogens with one attached hydrogen (secondary N) is 2. The Morgan fingerprint density at radius 2 is 2.00 bits per heavy atom. The zero-order valence-corrected chi connectivity index (χ0v) is 16.0. The molecule has 3 rings (SSSR count). The number of likely N-dealkylation sites (tertiary alicyclic amines) is 1. The van der Waals surface area contributed by atoms with Gasteiger partial charge in [-0.2, -0.15) is 0 Å². The van der Waals surface area contributed by atoms with Crippen LogP contribution in [-0.4, -0.2) is 37.0 Å². The van der Waals surface area contributed by atoms with E-state index in [9.17, 15) is 9.59 Å². The molecular formula is C20H22ClN3O3. The summed E-state index contributed by atoms with van der Waals surface area (Å²) in [6, 6.07) is 12.7. The number of methoxy groups -OCH3 is 1. The molecule has 1 aliphatic heterocycles. The van der Waals surface area contributed by atoms with E-state index in [2.05, 4.69) is 10.6 Å². The Morgan fingerprint density at radius 1 is 1.19 bits per heavy atom. The van der Waals surface area contributed by atoms with Crippen molar-refractivity contribution in [3.63, 3.8) is 0 Å². The van der Waals surface area contributed by atoms with Gasteiger partial charge in [0.1, 0.15) is 5.75 Å². The summed E-state index contributed by atoms with van der Waals surface area (Å²) in [5.74, 6) is 0.617. The number of benzene rings is 2. The fourth-order valence-electron chi connectivity index (χ4n) is 3.26. The summed E-state index contributed by atoms with van der Waals surface area (Å²) < 4.78 is 5.31. The predicted molar refractivity (Wildman–Crippen MR) is 107 cm³/mol. The van der Waals surface area contributed by atoms with Crippen LogP contribution in [0.2, 0.25) is 5.02 Å². The number of amides is 3. The summed E-state index contributed by atoms with van der Waals surface area (Å²) in [4.78, 5) is 25.7. The highest BCUT2D eigenvalue weighted by Crippen LogP contribution is 2.31. The van der Waals surface area contributed by atoms with E-state index >= 15 is 0 Å². The van der Waals surface area contributed by atoms with Gasteiger partial charge in [0.15, 0.2) is 0 Å². The summed E-state index contributed by atoms with van der Waals surface area (Å²) in [5, 5.41) is 6.29. The highest BCUT2D eigenvalue weighted by atomic mass is 35.5. The van der Waals surface area contributed by atoms with Gasteiger partial charge in [0.2, 0.25) is 5.91 Å². The molecule has 0 saturated carbocycles. The van der Waals surface area contributed by atoms with Crippen molar-refractivity contribution >= 4 is 34.9 Å². The average Bonchev–Trinajstić information content (AvgIpc) is 3.12. The second-order valence-corrected chi connectivity index (χ2v) is 6.95. The minimum atomic E-state index is -0.196. The number of anilines is 2. The van der Waals surface area contributed by atoms with Crippen LogP contribution in [0.5, 0.6) is 5.75 Å². The molecule has 1 aliphatic rings. The number of carbonyl (C=O) groups excluding carboxylic acids is 2. The van der Waals surface area contributed by atoms with Gasteiger partial charge in [-0.05, 0) is 42.3 Å². The van der Waals surface area contributed by atoms with E-state index in [0.29, 0.717) is 35.2 Å². The Labute approximate surface area is 163 Å². The Balaban J connectivity index is 1.69. The Kier molecular flexibility index (Phi) is 5.86. The van der Waals surface area contributed by atoms with Crippen molar-refractivity contribution in [2.24, 2.45) is 0 Å². The van der Waals surface area contributed by atoms with Crippen LogP contribution < -0.4 is 15.4 Å². The molecule has 0 radical (unpaired) electrons. The summed E-state index contributed by atoms with van der Waals surface area (Å²) in [7, 11) is 1.54. The molecule has 0 aliphatic carbocycles. The lowest BCUT2D eigenvalue weighted by Gasteiger charge is -2.19. The summed E-state index contributed by atoms with van der Waals surface area (Å²) in [6.45, 7) is 2.72. The predicted octanol–water partition coefficient (Wildman–Crippen LogP) is 4.33. The number of ether oxygens (including phenoxy) is 1. The number of halogens is 1. The largest absolute Gasteiger partial charge is 0.495 e. The molecule has 0 bridgehead atoms. The Morgan fingerprint density at radius 3 is 2.70 bits per heavy atom. The molecule has 7 heteroatoms. The van der Waals surface area contributed by atoms with Crippen LogP contribution in [0.3, 0.4) is 0 Å². The molecule has 2 aromatic rings. The first kappa shape index (κ1) is 19.0. The quantitative estimate of drug-likeness (QED) is 0.820. The molecule has 1 atom stereocenters. The number of hydrogen-bond acceptors (Lipinski definition) is 3. The van der Waals surface area contributed by atoms with Crippen LogP contribution in [0.4, 0.5) is 16.2 Å². The van der Waals surface area contributed by atoms with Gasteiger partial charge in [-0.25, -0.2) is 4.79 Å². The molecule has 0 aromatic heterocycles. The van der Waals surface area contributed by atoms with Gasteiger partial charge in [0.05, 0.1) is 12.8 Å². The van der Waals surface area contributed by atoms with Crippen molar-refractivity contribution in [2.45, 2.75) is 19.3 Å². The van der Waals surface area contributed by atoms with Crippen LogP contribution >= 0.6 is 11.6 Å². The van der Waals surface area contributed by atoms with Crippen LogP contribution in [0, 0.1) is 0 Å². The van der Waals surface area contributed by atoms with E-state index in [4.69, 9.17) is 16.3 Å². The third-order valence-electron chi connectivity index (χ3n) is 4.56. The van der Waals surface area contributed by atoms with Crippen LogP contribution in [0.15, 0.2) is 42.5 Å². The standard InChI is InChI=1S/C20H22ClN3O3/c1-13(25)22-17-6-7-19(27-2)18(11-17)23-20(26)24-9-8-15(12-24)14-4-3-5-16(21)10-14/h3-7,10-11,15H,8-9,12H2,1-2H3,(H,22,25)(H,23,26). The number of urea groups is 1. The maximum atomic E-state index is 12.7. The lowest BCUT2D eigenvalue weighted by Crippen LogP contribution is -2.33. The van der Waals surface area contributed by atoms with E-state index in [1.165, 1.54) is 14.0 Å². The molecule has 1 unspecified atom stereocenters. The second-order valence-electron chi connectivity index (χ2n) is 6.51. The lowest BCUT2D eigenvalue weighted by atomic mass is 9.99. The zero-order chi connectivity index (χ0) is 19.4. The molecule has 142 valence electrons. The Hall–Kier alpha value is -2.73.